The molecular formula is C19H30O6. The van der Waals surface area contributed by atoms with Crippen LogP contribution in [-0.4, -0.2) is 79.3 Å². The standard InChI is InChI=1S/C19H30O6/c1-2-4-19-15-18(3-1)16-24-13-11-22-9-7-20-5-6-21-8-10-23-12-14-25-17-19/h1,3-4,15H,2,5-14,16-17H2. The Hall–Kier alpha value is -1.02. The van der Waals surface area contributed by atoms with Crippen LogP contribution in [-0.2, 0) is 28.4 Å². The zero-order valence-corrected chi connectivity index (χ0v) is 15.0. The van der Waals surface area contributed by atoms with Crippen LogP contribution in [0.4, 0.5) is 0 Å². The summed E-state index contributed by atoms with van der Waals surface area (Å²) in [5, 5.41) is 0. The summed E-state index contributed by atoms with van der Waals surface area (Å²) in [4.78, 5) is 0. The quantitative estimate of drug-likeness (QED) is 0.662. The van der Waals surface area contributed by atoms with E-state index in [1.54, 1.807) is 0 Å². The monoisotopic (exact) mass is 354 g/mol. The number of hydrogen-bond donors (Lipinski definition) is 0. The van der Waals surface area contributed by atoms with Gasteiger partial charge in [-0.3, -0.25) is 0 Å². The minimum atomic E-state index is 0.568. The SMILES string of the molecule is C1=CC2=CC(=CC1)COCCOCCOCCOCCOCCOC2. The second-order valence-corrected chi connectivity index (χ2v) is 5.69. The molecule has 1 heterocycles. The van der Waals surface area contributed by atoms with Crippen molar-refractivity contribution in [3.8, 4) is 0 Å². The molecule has 0 aromatic rings. The first-order valence-corrected chi connectivity index (χ1v) is 8.98. The lowest BCUT2D eigenvalue weighted by molar-refractivity contribution is -0.0146. The molecular weight excluding hydrogens is 324 g/mol. The van der Waals surface area contributed by atoms with E-state index in [0.717, 1.165) is 12.0 Å². The largest absolute Gasteiger partial charge is 0.377 e. The van der Waals surface area contributed by atoms with E-state index in [-0.39, 0.29) is 0 Å². The average Bonchev–Trinajstić information content (AvgIpc) is 2.85. The molecule has 25 heavy (non-hydrogen) atoms. The Kier molecular flexibility index (Phi) is 11.5. The van der Waals surface area contributed by atoms with Crippen molar-refractivity contribution in [1.82, 2.24) is 0 Å². The van der Waals surface area contributed by atoms with Gasteiger partial charge in [0.1, 0.15) is 0 Å². The van der Waals surface area contributed by atoms with E-state index in [4.69, 9.17) is 28.4 Å². The van der Waals surface area contributed by atoms with Gasteiger partial charge in [-0.2, -0.15) is 0 Å². The highest BCUT2D eigenvalue weighted by Gasteiger charge is 2.02. The van der Waals surface area contributed by atoms with E-state index in [2.05, 4.69) is 24.3 Å². The smallest absolute Gasteiger partial charge is 0.0718 e. The van der Waals surface area contributed by atoms with Crippen molar-refractivity contribution in [3.63, 3.8) is 0 Å². The Morgan fingerprint density at radius 1 is 0.520 bits per heavy atom. The lowest BCUT2D eigenvalue weighted by Gasteiger charge is -2.08. The molecule has 0 N–H and O–H groups in total. The molecule has 0 spiro atoms. The van der Waals surface area contributed by atoms with Crippen LogP contribution in [0, 0.1) is 0 Å². The maximum absolute atomic E-state index is 5.69. The highest BCUT2D eigenvalue weighted by molar-refractivity contribution is 5.34. The molecule has 6 nitrogen and oxygen atoms in total. The molecule has 1 aliphatic carbocycles. The molecule has 6 heteroatoms. The summed E-state index contributed by atoms with van der Waals surface area (Å²) in [5.41, 5.74) is 2.32. The summed E-state index contributed by atoms with van der Waals surface area (Å²) in [5.74, 6) is 0. The van der Waals surface area contributed by atoms with Crippen molar-refractivity contribution < 1.29 is 28.4 Å². The molecule has 0 aromatic carbocycles. The molecule has 1 aliphatic heterocycles. The minimum Gasteiger partial charge on any atom is -0.377 e. The summed E-state index contributed by atoms with van der Waals surface area (Å²) in [7, 11) is 0. The minimum absolute atomic E-state index is 0.568. The molecule has 142 valence electrons. The lowest BCUT2D eigenvalue weighted by atomic mass is 10.2. The van der Waals surface area contributed by atoms with Gasteiger partial charge < -0.3 is 28.4 Å². The first-order chi connectivity index (χ1) is 12.4. The van der Waals surface area contributed by atoms with E-state index >= 15 is 0 Å². The van der Waals surface area contributed by atoms with E-state index in [0.29, 0.717) is 79.3 Å². The van der Waals surface area contributed by atoms with Gasteiger partial charge in [0.2, 0.25) is 0 Å². The van der Waals surface area contributed by atoms with E-state index in [9.17, 15) is 0 Å². The molecule has 2 rings (SSSR count). The maximum atomic E-state index is 5.69. The highest BCUT2D eigenvalue weighted by atomic mass is 16.6. The molecule has 2 bridgehead atoms. The first kappa shape index (κ1) is 20.3. The topological polar surface area (TPSA) is 55.4 Å². The van der Waals surface area contributed by atoms with Crippen molar-refractivity contribution in [2.24, 2.45) is 0 Å². The van der Waals surface area contributed by atoms with Crippen LogP contribution in [0.1, 0.15) is 6.42 Å². The van der Waals surface area contributed by atoms with E-state index < -0.39 is 0 Å². The van der Waals surface area contributed by atoms with Crippen LogP contribution < -0.4 is 0 Å². The Morgan fingerprint density at radius 2 is 0.960 bits per heavy atom. The van der Waals surface area contributed by atoms with E-state index in [1.807, 2.05) is 0 Å². The van der Waals surface area contributed by atoms with Crippen LogP contribution in [0.2, 0.25) is 0 Å². The molecule has 0 unspecified atom stereocenters. The van der Waals surface area contributed by atoms with Crippen LogP contribution in [0.25, 0.3) is 0 Å². The summed E-state index contributed by atoms with van der Waals surface area (Å²) in [6, 6.07) is 0. The number of fused-ring (bicyclic) bond motifs is 1. The van der Waals surface area contributed by atoms with Gasteiger partial charge in [0, 0.05) is 0 Å². The maximum Gasteiger partial charge on any atom is 0.0718 e. The summed E-state index contributed by atoms with van der Waals surface area (Å²) in [6.07, 6.45) is 9.47. The van der Waals surface area contributed by atoms with Crippen molar-refractivity contribution in [1.29, 1.82) is 0 Å². The van der Waals surface area contributed by atoms with Gasteiger partial charge in [-0.1, -0.05) is 24.3 Å². The fourth-order valence-corrected chi connectivity index (χ4v) is 2.35. The number of hydrogen-bond acceptors (Lipinski definition) is 6. The Balaban J connectivity index is 1.74. The molecule has 0 atom stereocenters. The third-order valence-corrected chi connectivity index (χ3v) is 3.62. The first-order valence-electron chi connectivity index (χ1n) is 8.98. The summed E-state index contributed by atoms with van der Waals surface area (Å²) < 4.78 is 33.2. The molecule has 0 amide bonds. The van der Waals surface area contributed by atoms with Crippen molar-refractivity contribution in [3.05, 3.63) is 35.5 Å². The van der Waals surface area contributed by atoms with Crippen LogP contribution >= 0.6 is 0 Å². The molecule has 2 aliphatic rings. The summed E-state index contributed by atoms with van der Waals surface area (Å²) in [6.45, 7) is 6.87. The summed E-state index contributed by atoms with van der Waals surface area (Å²) >= 11 is 0. The van der Waals surface area contributed by atoms with Gasteiger partial charge in [-0.05, 0) is 17.6 Å². The predicted octanol–water partition coefficient (Wildman–Crippen LogP) is 1.91. The fourth-order valence-electron chi connectivity index (χ4n) is 2.35. The highest BCUT2D eigenvalue weighted by Crippen LogP contribution is 2.12. The Morgan fingerprint density at radius 3 is 1.48 bits per heavy atom. The second-order valence-electron chi connectivity index (χ2n) is 5.69. The van der Waals surface area contributed by atoms with Crippen LogP contribution in [0.3, 0.4) is 0 Å². The van der Waals surface area contributed by atoms with Gasteiger partial charge in [-0.15, -0.1) is 0 Å². The van der Waals surface area contributed by atoms with E-state index in [1.165, 1.54) is 5.57 Å². The van der Waals surface area contributed by atoms with Crippen LogP contribution in [0.15, 0.2) is 35.5 Å². The number of allylic oxidation sites excluding steroid dienone is 2. The van der Waals surface area contributed by atoms with Gasteiger partial charge >= 0.3 is 0 Å². The van der Waals surface area contributed by atoms with Crippen molar-refractivity contribution >= 4 is 0 Å². The molecule has 0 saturated heterocycles. The fraction of sp³-hybridized carbons (Fsp3) is 0.684. The Bertz CT molecular complexity index is 430. The Labute approximate surface area is 150 Å². The van der Waals surface area contributed by atoms with Crippen molar-refractivity contribution in [2.45, 2.75) is 6.42 Å². The molecule has 0 radical (unpaired) electrons. The molecule has 0 fully saturated rings. The normalized spacial score (nSPS) is 23.7. The zero-order valence-electron chi connectivity index (χ0n) is 15.0. The van der Waals surface area contributed by atoms with Gasteiger partial charge in [-0.25, -0.2) is 0 Å². The second kappa shape index (κ2) is 14.2. The van der Waals surface area contributed by atoms with Crippen molar-refractivity contribution in [2.75, 3.05) is 79.3 Å². The average molecular weight is 354 g/mol. The predicted molar refractivity (Wildman–Crippen MR) is 94.8 cm³/mol. The number of ether oxygens (including phenoxy) is 6. The van der Waals surface area contributed by atoms with Crippen LogP contribution in [0.5, 0.6) is 0 Å². The molecule has 0 saturated carbocycles. The lowest BCUT2D eigenvalue weighted by Crippen LogP contribution is -2.14. The third kappa shape index (κ3) is 10.5. The van der Waals surface area contributed by atoms with Gasteiger partial charge in [0.25, 0.3) is 0 Å². The van der Waals surface area contributed by atoms with Gasteiger partial charge in [0.05, 0.1) is 79.3 Å². The molecule has 0 aromatic heterocycles. The third-order valence-electron chi connectivity index (χ3n) is 3.62. The zero-order chi connectivity index (χ0) is 17.4. The van der Waals surface area contributed by atoms with Gasteiger partial charge in [0.15, 0.2) is 0 Å². The number of rotatable bonds is 0.